The number of nitro benzene ring substituents is 2. The highest BCUT2D eigenvalue weighted by Gasteiger charge is 2.40. The molecule has 0 spiro atoms. The lowest BCUT2D eigenvalue weighted by atomic mass is 10.1. The minimum Gasteiger partial charge on any atom is -0.347 e. The highest BCUT2D eigenvalue weighted by molar-refractivity contribution is 6.31. The van der Waals surface area contributed by atoms with Crippen LogP contribution in [0.4, 0.5) is 44.7 Å². The summed E-state index contributed by atoms with van der Waals surface area (Å²) < 4.78 is 67.6. The van der Waals surface area contributed by atoms with E-state index in [1.165, 1.54) is 0 Å². The summed E-state index contributed by atoms with van der Waals surface area (Å²) in [5, 5.41) is 23.1. The Labute approximate surface area is 151 Å². The number of alkyl halides is 3. The van der Waals surface area contributed by atoms with Gasteiger partial charge in [-0.2, -0.15) is 13.2 Å². The van der Waals surface area contributed by atoms with Crippen LogP contribution in [0.3, 0.4) is 0 Å². The van der Waals surface area contributed by atoms with E-state index in [-0.39, 0.29) is 12.1 Å². The average Bonchev–Trinajstić information content (AvgIpc) is 2.56. The van der Waals surface area contributed by atoms with Crippen molar-refractivity contribution < 1.29 is 31.8 Å². The lowest BCUT2D eigenvalue weighted by molar-refractivity contribution is -0.394. The lowest BCUT2D eigenvalue weighted by Crippen LogP contribution is -2.12. The molecule has 13 heteroatoms. The Kier molecular flexibility index (Phi) is 5.22. The highest BCUT2D eigenvalue weighted by Crippen LogP contribution is 2.44. The number of nitro groups is 2. The van der Waals surface area contributed by atoms with Crippen LogP contribution in [0.25, 0.3) is 0 Å². The summed E-state index contributed by atoms with van der Waals surface area (Å²) >= 11 is 5.53. The second-order valence-corrected chi connectivity index (χ2v) is 5.59. The quantitative estimate of drug-likeness (QED) is 0.310. The van der Waals surface area contributed by atoms with Gasteiger partial charge in [0.2, 0.25) is 0 Å². The molecule has 0 aliphatic rings. The molecule has 0 radical (unpaired) electrons. The van der Waals surface area contributed by atoms with Crippen molar-refractivity contribution in [1.82, 2.24) is 0 Å². The molecular formula is C14H7ClF5N3O4. The van der Waals surface area contributed by atoms with Gasteiger partial charge in [0.25, 0.3) is 11.4 Å². The van der Waals surface area contributed by atoms with Gasteiger partial charge in [0, 0.05) is 11.6 Å². The van der Waals surface area contributed by atoms with Crippen LogP contribution >= 0.6 is 11.6 Å². The molecule has 144 valence electrons. The SMILES string of the molecule is Cc1c(F)c(Cl)cc(Nc2c([N+](=O)[O-])cc([N+](=O)[O-])cc2C(F)(F)F)c1F. The zero-order chi connectivity index (χ0) is 20.7. The highest BCUT2D eigenvalue weighted by atomic mass is 35.5. The molecule has 0 saturated heterocycles. The zero-order valence-electron chi connectivity index (χ0n) is 13.0. The summed E-state index contributed by atoms with van der Waals surface area (Å²) in [7, 11) is 0. The van der Waals surface area contributed by atoms with E-state index in [9.17, 15) is 42.2 Å². The summed E-state index contributed by atoms with van der Waals surface area (Å²) in [5.41, 5.74) is -6.95. The van der Waals surface area contributed by atoms with Gasteiger partial charge in [-0.1, -0.05) is 11.6 Å². The summed E-state index contributed by atoms with van der Waals surface area (Å²) in [6.07, 6.45) is -5.26. The number of nitrogens with one attached hydrogen (secondary N) is 1. The van der Waals surface area contributed by atoms with Crippen LogP contribution in [0.2, 0.25) is 5.02 Å². The third-order valence-electron chi connectivity index (χ3n) is 3.45. The van der Waals surface area contributed by atoms with Crippen molar-refractivity contribution in [2.24, 2.45) is 0 Å². The molecule has 0 saturated carbocycles. The molecule has 0 aliphatic heterocycles. The minimum absolute atomic E-state index is 0.0607. The Balaban J connectivity index is 2.80. The molecule has 0 unspecified atom stereocenters. The fourth-order valence-electron chi connectivity index (χ4n) is 2.17. The Hall–Kier alpha value is -3.02. The van der Waals surface area contributed by atoms with Crippen LogP contribution in [-0.4, -0.2) is 9.85 Å². The van der Waals surface area contributed by atoms with Crippen molar-refractivity contribution in [3.63, 3.8) is 0 Å². The van der Waals surface area contributed by atoms with Gasteiger partial charge in [0.15, 0.2) is 5.82 Å². The first-order valence-electron chi connectivity index (χ1n) is 6.79. The third-order valence-corrected chi connectivity index (χ3v) is 3.73. The number of rotatable bonds is 4. The molecule has 0 amide bonds. The van der Waals surface area contributed by atoms with Gasteiger partial charge in [-0.15, -0.1) is 0 Å². The third kappa shape index (κ3) is 3.89. The van der Waals surface area contributed by atoms with E-state index in [1.807, 2.05) is 5.32 Å². The van der Waals surface area contributed by atoms with Crippen LogP contribution in [0.5, 0.6) is 0 Å². The summed E-state index contributed by atoms with van der Waals surface area (Å²) in [5.74, 6) is -2.49. The summed E-state index contributed by atoms with van der Waals surface area (Å²) in [6.45, 7) is 0.955. The lowest BCUT2D eigenvalue weighted by Gasteiger charge is -2.16. The first-order chi connectivity index (χ1) is 12.3. The van der Waals surface area contributed by atoms with Gasteiger partial charge in [0.05, 0.1) is 32.2 Å². The van der Waals surface area contributed by atoms with Crippen LogP contribution < -0.4 is 5.32 Å². The Bertz CT molecular complexity index is 965. The van der Waals surface area contributed by atoms with Crippen LogP contribution in [0.15, 0.2) is 18.2 Å². The van der Waals surface area contributed by atoms with E-state index in [1.54, 1.807) is 0 Å². The topological polar surface area (TPSA) is 98.3 Å². The molecule has 0 heterocycles. The van der Waals surface area contributed by atoms with Crippen molar-refractivity contribution >= 4 is 34.4 Å². The van der Waals surface area contributed by atoms with E-state index in [4.69, 9.17) is 11.6 Å². The number of benzene rings is 2. The van der Waals surface area contributed by atoms with E-state index >= 15 is 0 Å². The predicted molar refractivity (Wildman–Crippen MR) is 84.1 cm³/mol. The second-order valence-electron chi connectivity index (χ2n) is 5.18. The number of halogens is 6. The van der Waals surface area contributed by atoms with Gasteiger partial charge < -0.3 is 5.32 Å². The molecule has 0 bridgehead atoms. The first kappa shape index (κ1) is 20.3. The Morgan fingerprint density at radius 1 is 1.04 bits per heavy atom. The van der Waals surface area contributed by atoms with E-state index < -0.39 is 66.6 Å². The average molecular weight is 412 g/mol. The van der Waals surface area contributed by atoms with E-state index in [0.29, 0.717) is 6.07 Å². The maximum atomic E-state index is 14.2. The van der Waals surface area contributed by atoms with Crippen LogP contribution in [0.1, 0.15) is 11.1 Å². The smallest absolute Gasteiger partial charge is 0.347 e. The predicted octanol–water partition coefficient (Wildman–Crippen LogP) is 5.51. The summed E-state index contributed by atoms with van der Waals surface area (Å²) in [4.78, 5) is 19.4. The van der Waals surface area contributed by atoms with E-state index in [0.717, 1.165) is 6.92 Å². The first-order valence-corrected chi connectivity index (χ1v) is 7.17. The molecule has 0 fully saturated rings. The molecule has 1 N–H and O–H groups in total. The Morgan fingerprint density at radius 2 is 1.63 bits per heavy atom. The van der Waals surface area contributed by atoms with Gasteiger partial charge in [0.1, 0.15) is 11.5 Å². The van der Waals surface area contributed by atoms with Crippen molar-refractivity contribution in [3.05, 3.63) is 66.2 Å². The molecule has 27 heavy (non-hydrogen) atoms. The van der Waals surface area contributed by atoms with Gasteiger partial charge in [-0.05, 0) is 13.0 Å². The van der Waals surface area contributed by atoms with E-state index in [2.05, 4.69) is 0 Å². The number of non-ortho nitro benzene ring substituents is 1. The monoisotopic (exact) mass is 411 g/mol. The number of hydrogen-bond donors (Lipinski definition) is 1. The maximum Gasteiger partial charge on any atom is 0.418 e. The molecular weight excluding hydrogens is 405 g/mol. The fourth-order valence-corrected chi connectivity index (χ4v) is 2.42. The van der Waals surface area contributed by atoms with Crippen LogP contribution in [0, 0.1) is 38.8 Å². The molecule has 2 rings (SSSR count). The van der Waals surface area contributed by atoms with Crippen molar-refractivity contribution in [2.45, 2.75) is 13.1 Å². The fraction of sp³-hybridized carbons (Fsp3) is 0.143. The normalized spacial score (nSPS) is 11.4. The Morgan fingerprint density at radius 3 is 2.11 bits per heavy atom. The second kappa shape index (κ2) is 6.95. The molecule has 0 aliphatic carbocycles. The van der Waals surface area contributed by atoms with Gasteiger partial charge in [-0.3, -0.25) is 20.2 Å². The largest absolute Gasteiger partial charge is 0.418 e. The molecule has 2 aromatic carbocycles. The molecule has 2 aromatic rings. The number of anilines is 2. The molecule has 0 atom stereocenters. The van der Waals surface area contributed by atoms with Gasteiger partial charge in [-0.25, -0.2) is 8.78 Å². The number of nitrogens with zero attached hydrogens (tertiary/aromatic N) is 2. The van der Waals surface area contributed by atoms with Crippen molar-refractivity contribution in [2.75, 3.05) is 5.32 Å². The van der Waals surface area contributed by atoms with Gasteiger partial charge >= 0.3 is 6.18 Å². The van der Waals surface area contributed by atoms with Crippen molar-refractivity contribution in [3.8, 4) is 0 Å². The zero-order valence-corrected chi connectivity index (χ0v) is 13.8. The molecule has 0 aromatic heterocycles. The number of hydrogen-bond acceptors (Lipinski definition) is 5. The van der Waals surface area contributed by atoms with Crippen molar-refractivity contribution in [1.29, 1.82) is 0 Å². The standard InChI is InChI=1S/C14H7ClF5N3O4/c1-5-11(16)8(15)4-9(12(5)17)21-13-7(14(18,19)20)2-6(22(24)25)3-10(13)23(26)27/h2-4,21H,1H3. The minimum atomic E-state index is -5.26. The van der Waals surface area contributed by atoms with Crippen LogP contribution in [-0.2, 0) is 6.18 Å². The molecule has 7 nitrogen and oxygen atoms in total. The summed E-state index contributed by atoms with van der Waals surface area (Å²) in [6, 6.07) is 0.948. The maximum absolute atomic E-state index is 14.2.